The molecule has 0 amide bonds. The molecule has 1 aliphatic carbocycles. The van der Waals surface area contributed by atoms with Gasteiger partial charge in [-0.1, -0.05) is 24.3 Å². The van der Waals surface area contributed by atoms with Gasteiger partial charge >= 0.3 is 12.1 Å². The number of halogens is 3. The van der Waals surface area contributed by atoms with E-state index in [9.17, 15) is 23.2 Å². The first-order valence-electron chi connectivity index (χ1n) is 11.6. The van der Waals surface area contributed by atoms with E-state index in [2.05, 4.69) is 0 Å². The van der Waals surface area contributed by atoms with E-state index >= 15 is 0 Å². The van der Waals surface area contributed by atoms with E-state index in [4.69, 9.17) is 14.6 Å². The first-order valence-corrected chi connectivity index (χ1v) is 11.6. The maximum atomic E-state index is 13.9. The zero-order valence-corrected chi connectivity index (χ0v) is 19.1. The fourth-order valence-corrected chi connectivity index (χ4v) is 5.16. The summed E-state index contributed by atoms with van der Waals surface area (Å²) in [6.45, 7) is 0.286. The number of alkyl halides is 3. The summed E-state index contributed by atoms with van der Waals surface area (Å²) < 4.78 is 53.6. The van der Waals surface area contributed by atoms with Crippen molar-refractivity contribution in [2.75, 3.05) is 6.61 Å². The molecule has 0 fully saturated rings. The van der Waals surface area contributed by atoms with Gasteiger partial charge < -0.3 is 14.6 Å². The summed E-state index contributed by atoms with van der Waals surface area (Å²) >= 11 is 0. The molecule has 2 aliphatic rings. The fourth-order valence-electron chi connectivity index (χ4n) is 5.16. The van der Waals surface area contributed by atoms with Gasteiger partial charge in [0, 0.05) is 17.5 Å². The summed E-state index contributed by atoms with van der Waals surface area (Å²) in [5, 5.41) is 18.3. The van der Waals surface area contributed by atoms with E-state index < -0.39 is 23.8 Å². The first-order chi connectivity index (χ1) is 17.2. The van der Waals surface area contributed by atoms with E-state index in [1.54, 1.807) is 42.5 Å². The molecule has 0 spiro atoms. The van der Waals surface area contributed by atoms with E-state index in [1.165, 1.54) is 6.07 Å². The largest absolute Gasteiger partial charge is 0.492 e. The van der Waals surface area contributed by atoms with E-state index in [0.717, 1.165) is 17.2 Å². The molecule has 8 heteroatoms. The van der Waals surface area contributed by atoms with Crippen LogP contribution in [0.2, 0.25) is 0 Å². The minimum Gasteiger partial charge on any atom is -0.492 e. The van der Waals surface area contributed by atoms with E-state index in [0.29, 0.717) is 41.0 Å². The number of rotatable bonds is 6. The number of carbonyl (C=O) groups is 1. The number of aliphatic carboxylic acids is 1. The summed E-state index contributed by atoms with van der Waals surface area (Å²) in [4.78, 5) is 11.1. The topological polar surface area (TPSA) is 79.5 Å². The second kappa shape index (κ2) is 9.23. The van der Waals surface area contributed by atoms with Crippen LogP contribution in [-0.4, -0.2) is 17.7 Å². The van der Waals surface area contributed by atoms with Crippen LogP contribution in [0.3, 0.4) is 0 Å². The third-order valence-electron chi connectivity index (χ3n) is 6.78. The molecule has 0 aromatic heterocycles. The van der Waals surface area contributed by atoms with Crippen molar-refractivity contribution in [1.82, 2.24) is 0 Å². The normalized spacial score (nSPS) is 18.2. The number of nitrogens with zero attached hydrogens (tertiary/aromatic N) is 1. The maximum Gasteiger partial charge on any atom is 0.416 e. The summed E-state index contributed by atoms with van der Waals surface area (Å²) in [5.41, 5.74) is 2.77. The highest BCUT2D eigenvalue weighted by atomic mass is 19.4. The van der Waals surface area contributed by atoms with Crippen molar-refractivity contribution in [2.24, 2.45) is 0 Å². The van der Waals surface area contributed by atoms with Crippen molar-refractivity contribution in [3.8, 4) is 17.6 Å². The molecule has 1 aliphatic heterocycles. The third kappa shape index (κ3) is 4.61. The Hall–Kier alpha value is -3.99. The number of benzene rings is 3. The zero-order valence-electron chi connectivity index (χ0n) is 19.1. The van der Waals surface area contributed by atoms with Crippen molar-refractivity contribution in [3.63, 3.8) is 0 Å². The minimum absolute atomic E-state index is 0.0230. The smallest absolute Gasteiger partial charge is 0.416 e. The third-order valence-corrected chi connectivity index (χ3v) is 6.78. The fraction of sp³-hybridized carbons (Fsp3) is 0.286. The van der Waals surface area contributed by atoms with Gasteiger partial charge in [0.1, 0.15) is 17.6 Å². The van der Waals surface area contributed by atoms with Crippen LogP contribution in [0.15, 0.2) is 54.6 Å². The second-order valence-corrected chi connectivity index (χ2v) is 9.10. The Bertz CT molecular complexity index is 1380. The number of carboxylic acids is 1. The van der Waals surface area contributed by atoms with Gasteiger partial charge in [-0.3, -0.25) is 4.79 Å². The van der Waals surface area contributed by atoms with Crippen LogP contribution < -0.4 is 9.47 Å². The molecular formula is C28H22F3NO4. The maximum absolute atomic E-state index is 13.9. The Balaban J connectivity index is 1.44. The highest BCUT2D eigenvalue weighted by molar-refractivity contribution is 5.68. The summed E-state index contributed by atoms with van der Waals surface area (Å²) in [7, 11) is 0. The molecule has 1 N–H and O–H groups in total. The highest BCUT2D eigenvalue weighted by Gasteiger charge is 2.37. The van der Waals surface area contributed by atoms with Crippen LogP contribution in [0.25, 0.3) is 0 Å². The van der Waals surface area contributed by atoms with Crippen molar-refractivity contribution < 1.29 is 32.5 Å². The lowest BCUT2D eigenvalue weighted by Crippen LogP contribution is -2.13. The van der Waals surface area contributed by atoms with Crippen LogP contribution in [0.4, 0.5) is 13.2 Å². The monoisotopic (exact) mass is 493 g/mol. The van der Waals surface area contributed by atoms with Gasteiger partial charge in [0.05, 0.1) is 30.2 Å². The first kappa shape index (κ1) is 23.7. The van der Waals surface area contributed by atoms with Gasteiger partial charge in [0.25, 0.3) is 0 Å². The molecule has 5 nitrogen and oxygen atoms in total. The number of nitriles is 1. The number of hydrogen-bond donors (Lipinski definition) is 1. The molecule has 36 heavy (non-hydrogen) atoms. The van der Waals surface area contributed by atoms with E-state index in [1.807, 2.05) is 6.07 Å². The lowest BCUT2D eigenvalue weighted by molar-refractivity contribution is -0.138. The van der Waals surface area contributed by atoms with Gasteiger partial charge in [0.15, 0.2) is 0 Å². The predicted octanol–water partition coefficient (Wildman–Crippen LogP) is 6.18. The molecule has 0 saturated carbocycles. The standard InChI is InChI=1S/C28H22F3NO4/c29-28(30,31)24-8-6-22-21(23(24)11-16-2-1-3-17(10-16)14-32)7-9-25(22)36-19-4-5-20-18(12-27(33)34)15-35-26(20)13-19/h1-6,8,10,13,18,25H,7,9,11-12,15H2,(H,33,34)/t18?,25-/m1/s1. The Morgan fingerprint density at radius 1 is 1.14 bits per heavy atom. The Kier molecular flexibility index (Phi) is 6.09. The lowest BCUT2D eigenvalue weighted by Gasteiger charge is -2.20. The number of fused-ring (bicyclic) bond motifs is 2. The summed E-state index contributed by atoms with van der Waals surface area (Å²) in [6.07, 6.45) is -3.90. The van der Waals surface area contributed by atoms with Gasteiger partial charge in [-0.2, -0.15) is 18.4 Å². The van der Waals surface area contributed by atoms with Crippen molar-refractivity contribution in [1.29, 1.82) is 5.26 Å². The molecule has 2 atom stereocenters. The number of carboxylic acid groups (broad SMARTS) is 1. The molecular weight excluding hydrogens is 471 g/mol. The SMILES string of the molecule is N#Cc1cccc(Cc2c(C(F)(F)F)ccc3c2CC[C@H]3Oc2ccc3c(c2)OCC3CC(=O)O)c1. The number of ether oxygens (including phenoxy) is 2. The van der Waals surface area contributed by atoms with Gasteiger partial charge in [-0.05, 0) is 65.8 Å². The van der Waals surface area contributed by atoms with Gasteiger partial charge in [-0.15, -0.1) is 0 Å². The van der Waals surface area contributed by atoms with E-state index in [-0.39, 0.29) is 30.9 Å². The molecule has 184 valence electrons. The van der Waals surface area contributed by atoms with Gasteiger partial charge in [0.2, 0.25) is 0 Å². The average Bonchev–Trinajstić information content (AvgIpc) is 3.42. The van der Waals surface area contributed by atoms with Crippen LogP contribution in [-0.2, 0) is 23.8 Å². The van der Waals surface area contributed by atoms with Crippen LogP contribution in [0, 0.1) is 11.3 Å². The Morgan fingerprint density at radius 3 is 2.69 bits per heavy atom. The summed E-state index contributed by atoms with van der Waals surface area (Å²) in [6, 6.07) is 16.5. The minimum atomic E-state index is -4.50. The van der Waals surface area contributed by atoms with Crippen LogP contribution >= 0.6 is 0 Å². The van der Waals surface area contributed by atoms with Crippen molar-refractivity contribution in [3.05, 3.63) is 93.5 Å². The Labute approximate surface area is 205 Å². The number of hydrogen-bond acceptors (Lipinski definition) is 4. The molecule has 1 unspecified atom stereocenters. The molecule has 3 aromatic rings. The van der Waals surface area contributed by atoms with Crippen LogP contribution in [0.5, 0.6) is 11.5 Å². The van der Waals surface area contributed by atoms with Crippen LogP contribution in [0.1, 0.15) is 63.8 Å². The predicted molar refractivity (Wildman–Crippen MR) is 124 cm³/mol. The quantitative estimate of drug-likeness (QED) is 0.443. The molecule has 0 radical (unpaired) electrons. The molecule has 3 aromatic carbocycles. The van der Waals surface area contributed by atoms with Crippen molar-refractivity contribution >= 4 is 5.97 Å². The van der Waals surface area contributed by atoms with Gasteiger partial charge in [-0.25, -0.2) is 0 Å². The zero-order chi connectivity index (χ0) is 25.4. The highest BCUT2D eigenvalue weighted by Crippen LogP contribution is 2.44. The van der Waals surface area contributed by atoms with Crippen molar-refractivity contribution in [2.45, 2.75) is 43.9 Å². The average molecular weight is 493 g/mol. The molecule has 0 saturated heterocycles. The Morgan fingerprint density at radius 2 is 1.94 bits per heavy atom. The molecule has 0 bridgehead atoms. The molecule has 5 rings (SSSR count). The molecule has 1 heterocycles. The lowest BCUT2D eigenvalue weighted by atomic mass is 9.91. The second-order valence-electron chi connectivity index (χ2n) is 9.10. The summed E-state index contributed by atoms with van der Waals surface area (Å²) in [5.74, 6) is -0.0254.